The molecule has 0 aliphatic carbocycles. The lowest BCUT2D eigenvalue weighted by Gasteiger charge is -2.20. The fourth-order valence-corrected chi connectivity index (χ4v) is 2.27. The minimum absolute atomic E-state index is 0.0846. The zero-order chi connectivity index (χ0) is 16.9. The molecule has 0 aromatic heterocycles. The average molecular weight is 306 g/mol. The summed E-state index contributed by atoms with van der Waals surface area (Å²) in [5, 5.41) is 12.9. The molecule has 1 amide bonds. The van der Waals surface area contributed by atoms with Crippen LogP contribution in [-0.2, 0) is 10.2 Å². The van der Waals surface area contributed by atoms with E-state index in [1.54, 1.807) is 0 Å². The van der Waals surface area contributed by atoms with Crippen molar-refractivity contribution in [2.75, 3.05) is 6.54 Å². The van der Waals surface area contributed by atoms with Crippen LogP contribution in [0.2, 0.25) is 0 Å². The van der Waals surface area contributed by atoms with Crippen LogP contribution < -0.4 is 11.1 Å². The monoisotopic (exact) mass is 306 g/mol. The number of aliphatic hydroxyl groups is 1. The molecule has 0 radical (unpaired) electrons. The number of carbonyl (C=O) groups is 1. The first-order valence-electron chi connectivity index (χ1n) is 7.93. The summed E-state index contributed by atoms with van der Waals surface area (Å²) in [5.74, 6) is 0.162. The number of hydrogen-bond acceptors (Lipinski definition) is 3. The zero-order valence-electron chi connectivity index (χ0n) is 14.4. The standard InChI is InChI=1S/C18H30N2O2/c1-12(2)10-15(19)17(22)20-11-16(21)13-6-8-14(9-7-13)18(3,4)5/h6-9,12,15-16,21H,10-11,19H2,1-5H3,(H,20,22)/t15-,16?/m0/s1. The van der Waals surface area contributed by atoms with Gasteiger partial charge >= 0.3 is 0 Å². The van der Waals surface area contributed by atoms with Gasteiger partial charge in [0.05, 0.1) is 12.1 Å². The number of nitrogens with two attached hydrogens (primary N) is 1. The predicted octanol–water partition coefficient (Wildman–Crippen LogP) is 2.51. The van der Waals surface area contributed by atoms with Gasteiger partial charge in [0.25, 0.3) is 0 Å². The minimum atomic E-state index is -0.718. The van der Waals surface area contributed by atoms with Crippen LogP contribution in [0.3, 0.4) is 0 Å². The van der Waals surface area contributed by atoms with Gasteiger partial charge in [0.1, 0.15) is 0 Å². The van der Waals surface area contributed by atoms with Crippen LogP contribution in [0.15, 0.2) is 24.3 Å². The lowest BCUT2D eigenvalue weighted by atomic mass is 9.86. The maximum atomic E-state index is 11.9. The highest BCUT2D eigenvalue weighted by molar-refractivity contribution is 5.81. The quantitative estimate of drug-likeness (QED) is 0.756. The van der Waals surface area contributed by atoms with E-state index in [2.05, 4.69) is 26.1 Å². The Bertz CT molecular complexity index is 475. The smallest absolute Gasteiger partial charge is 0.237 e. The van der Waals surface area contributed by atoms with Crippen LogP contribution in [0.25, 0.3) is 0 Å². The van der Waals surface area contributed by atoms with Crippen LogP contribution in [0.4, 0.5) is 0 Å². The summed E-state index contributed by atoms with van der Waals surface area (Å²) in [5.41, 5.74) is 7.91. The fourth-order valence-electron chi connectivity index (χ4n) is 2.27. The van der Waals surface area contributed by atoms with E-state index in [1.165, 1.54) is 5.56 Å². The molecule has 4 nitrogen and oxygen atoms in total. The van der Waals surface area contributed by atoms with Crippen molar-refractivity contribution < 1.29 is 9.90 Å². The molecule has 2 atom stereocenters. The second-order valence-corrected chi connectivity index (χ2v) is 7.37. The fraction of sp³-hybridized carbons (Fsp3) is 0.611. The molecular weight excluding hydrogens is 276 g/mol. The Morgan fingerprint density at radius 1 is 1.23 bits per heavy atom. The third kappa shape index (κ3) is 5.78. The largest absolute Gasteiger partial charge is 0.387 e. The second-order valence-electron chi connectivity index (χ2n) is 7.37. The van der Waals surface area contributed by atoms with E-state index in [4.69, 9.17) is 5.73 Å². The Kier molecular flexibility index (Phi) is 6.57. The van der Waals surface area contributed by atoms with Crippen molar-refractivity contribution in [2.45, 2.75) is 58.6 Å². The molecule has 124 valence electrons. The van der Waals surface area contributed by atoms with Gasteiger partial charge in [0, 0.05) is 6.54 Å². The molecule has 1 aromatic rings. The van der Waals surface area contributed by atoms with Crippen LogP contribution in [0.1, 0.15) is 58.3 Å². The molecule has 0 aliphatic rings. The van der Waals surface area contributed by atoms with Gasteiger partial charge in [0.15, 0.2) is 0 Å². The Hall–Kier alpha value is -1.39. The highest BCUT2D eigenvalue weighted by atomic mass is 16.3. The van der Waals surface area contributed by atoms with Crippen molar-refractivity contribution in [3.05, 3.63) is 35.4 Å². The van der Waals surface area contributed by atoms with Gasteiger partial charge in [-0.1, -0.05) is 58.9 Å². The van der Waals surface area contributed by atoms with Crippen molar-refractivity contribution in [1.82, 2.24) is 5.32 Å². The molecule has 0 aliphatic heterocycles. The minimum Gasteiger partial charge on any atom is -0.387 e. The number of benzene rings is 1. The van der Waals surface area contributed by atoms with Gasteiger partial charge in [0.2, 0.25) is 5.91 Å². The van der Waals surface area contributed by atoms with E-state index >= 15 is 0 Å². The van der Waals surface area contributed by atoms with Crippen LogP contribution >= 0.6 is 0 Å². The molecule has 0 fully saturated rings. The molecule has 0 spiro atoms. The first kappa shape index (κ1) is 18.7. The SMILES string of the molecule is CC(C)C[C@H](N)C(=O)NCC(O)c1ccc(C(C)(C)C)cc1. The van der Waals surface area contributed by atoms with Gasteiger partial charge in [-0.15, -0.1) is 0 Å². The summed E-state index contributed by atoms with van der Waals surface area (Å²) in [7, 11) is 0. The molecule has 4 N–H and O–H groups in total. The molecule has 22 heavy (non-hydrogen) atoms. The Labute approximate surface area is 134 Å². The van der Waals surface area contributed by atoms with E-state index in [0.29, 0.717) is 12.3 Å². The molecule has 0 saturated heterocycles. The lowest BCUT2D eigenvalue weighted by Crippen LogP contribution is -2.42. The highest BCUT2D eigenvalue weighted by Crippen LogP contribution is 2.23. The summed E-state index contributed by atoms with van der Waals surface area (Å²) in [4.78, 5) is 11.9. The summed E-state index contributed by atoms with van der Waals surface area (Å²) >= 11 is 0. The summed E-state index contributed by atoms with van der Waals surface area (Å²) < 4.78 is 0. The predicted molar refractivity (Wildman–Crippen MR) is 90.5 cm³/mol. The molecule has 1 rings (SSSR count). The molecule has 0 saturated carbocycles. The summed E-state index contributed by atoms with van der Waals surface area (Å²) in [6.45, 7) is 10.7. The summed E-state index contributed by atoms with van der Waals surface area (Å²) in [6.07, 6.45) is -0.0772. The third-order valence-electron chi connectivity index (χ3n) is 3.69. The molecule has 0 bridgehead atoms. The van der Waals surface area contributed by atoms with Gasteiger partial charge in [-0.3, -0.25) is 4.79 Å². The topological polar surface area (TPSA) is 75.4 Å². The summed E-state index contributed by atoms with van der Waals surface area (Å²) in [6, 6.07) is 7.34. The normalized spacial score (nSPS) is 14.7. The highest BCUT2D eigenvalue weighted by Gasteiger charge is 2.17. The van der Waals surface area contributed by atoms with Crippen LogP contribution in [-0.4, -0.2) is 23.6 Å². The van der Waals surface area contributed by atoms with Crippen LogP contribution in [0, 0.1) is 5.92 Å². The maximum Gasteiger partial charge on any atom is 0.237 e. The number of amides is 1. The number of carbonyl (C=O) groups excluding carboxylic acids is 1. The zero-order valence-corrected chi connectivity index (χ0v) is 14.4. The molecule has 1 unspecified atom stereocenters. The van der Waals surface area contributed by atoms with E-state index in [9.17, 15) is 9.90 Å². The van der Waals surface area contributed by atoms with Crippen molar-refractivity contribution in [3.8, 4) is 0 Å². The van der Waals surface area contributed by atoms with Crippen molar-refractivity contribution >= 4 is 5.91 Å². The Balaban J connectivity index is 2.55. The third-order valence-corrected chi connectivity index (χ3v) is 3.69. The second kappa shape index (κ2) is 7.75. The number of nitrogens with one attached hydrogen (secondary N) is 1. The average Bonchev–Trinajstić information content (AvgIpc) is 2.42. The van der Waals surface area contributed by atoms with E-state index in [1.807, 2.05) is 38.1 Å². The maximum absolute atomic E-state index is 11.9. The molecule has 1 aromatic carbocycles. The lowest BCUT2D eigenvalue weighted by molar-refractivity contribution is -0.123. The number of hydrogen-bond donors (Lipinski definition) is 3. The van der Waals surface area contributed by atoms with E-state index < -0.39 is 12.1 Å². The molecule has 0 heterocycles. The number of aliphatic hydroxyl groups excluding tert-OH is 1. The van der Waals surface area contributed by atoms with Gasteiger partial charge in [-0.05, 0) is 28.9 Å². The Morgan fingerprint density at radius 3 is 2.23 bits per heavy atom. The van der Waals surface area contributed by atoms with E-state index in [-0.39, 0.29) is 17.9 Å². The Morgan fingerprint density at radius 2 is 1.77 bits per heavy atom. The van der Waals surface area contributed by atoms with E-state index in [0.717, 1.165) is 5.56 Å². The first-order valence-corrected chi connectivity index (χ1v) is 7.93. The number of rotatable bonds is 6. The molecule has 4 heteroatoms. The van der Waals surface area contributed by atoms with Gasteiger partial charge in [-0.2, -0.15) is 0 Å². The van der Waals surface area contributed by atoms with Gasteiger partial charge < -0.3 is 16.2 Å². The van der Waals surface area contributed by atoms with Crippen molar-refractivity contribution in [2.24, 2.45) is 11.7 Å². The van der Waals surface area contributed by atoms with Crippen molar-refractivity contribution in [1.29, 1.82) is 0 Å². The van der Waals surface area contributed by atoms with Crippen molar-refractivity contribution in [3.63, 3.8) is 0 Å². The first-order chi connectivity index (χ1) is 10.1. The molecular formula is C18H30N2O2. The van der Waals surface area contributed by atoms with Gasteiger partial charge in [-0.25, -0.2) is 0 Å². The van der Waals surface area contributed by atoms with Crippen LogP contribution in [0.5, 0.6) is 0 Å².